The molecule has 0 saturated heterocycles. The van der Waals surface area contributed by atoms with Gasteiger partial charge in [-0.15, -0.1) is 0 Å². The van der Waals surface area contributed by atoms with Crippen LogP contribution in [0.4, 0.5) is 4.79 Å². The highest BCUT2D eigenvalue weighted by Crippen LogP contribution is 2.07. The lowest BCUT2D eigenvalue weighted by molar-refractivity contribution is -0.121. The first-order valence-electron chi connectivity index (χ1n) is 4.35. The highest BCUT2D eigenvalue weighted by Gasteiger charge is 2.23. The third-order valence-electron chi connectivity index (χ3n) is 1.96. The average molecular weight is 187 g/mol. The molecule has 0 aromatic heterocycles. The van der Waals surface area contributed by atoms with Gasteiger partial charge in [0.2, 0.25) is 0 Å². The van der Waals surface area contributed by atoms with Gasteiger partial charge in [-0.05, 0) is 13.3 Å². The monoisotopic (exact) mass is 187 g/mol. The van der Waals surface area contributed by atoms with Crippen LogP contribution >= 0.6 is 0 Å². The molecule has 0 aliphatic carbocycles. The summed E-state index contributed by atoms with van der Waals surface area (Å²) < 4.78 is 4.52. The highest BCUT2D eigenvalue weighted by molar-refractivity contribution is 5.85. The van der Waals surface area contributed by atoms with E-state index in [1.165, 1.54) is 18.9 Å². The maximum absolute atomic E-state index is 11.1. The first kappa shape index (κ1) is 11.9. The number of amides is 1. The molecule has 0 aliphatic heterocycles. The fourth-order valence-electron chi connectivity index (χ4n) is 1.21. The molecule has 0 spiro atoms. The van der Waals surface area contributed by atoms with Crippen molar-refractivity contribution < 1.29 is 14.3 Å². The van der Waals surface area contributed by atoms with E-state index >= 15 is 0 Å². The van der Waals surface area contributed by atoms with Crippen molar-refractivity contribution >= 4 is 11.9 Å². The molecule has 0 N–H and O–H groups in total. The number of carbonyl (C=O) groups is 2. The molecule has 0 rings (SSSR count). The van der Waals surface area contributed by atoms with Crippen LogP contribution < -0.4 is 0 Å². The van der Waals surface area contributed by atoms with Crippen molar-refractivity contribution in [3.8, 4) is 0 Å². The van der Waals surface area contributed by atoms with E-state index in [1.807, 2.05) is 6.92 Å². The highest BCUT2D eigenvalue weighted by atomic mass is 16.5. The van der Waals surface area contributed by atoms with Gasteiger partial charge < -0.3 is 9.64 Å². The molecule has 0 aromatic carbocycles. The summed E-state index contributed by atoms with van der Waals surface area (Å²) in [5.41, 5.74) is 0. The van der Waals surface area contributed by atoms with E-state index < -0.39 is 6.09 Å². The predicted molar refractivity (Wildman–Crippen MR) is 49.5 cm³/mol. The van der Waals surface area contributed by atoms with E-state index in [4.69, 9.17) is 0 Å². The normalized spacial score (nSPS) is 12.0. The predicted octanol–water partition coefficient (Wildman–Crippen LogP) is 1.44. The Morgan fingerprint density at radius 1 is 1.46 bits per heavy atom. The van der Waals surface area contributed by atoms with Crippen molar-refractivity contribution in [2.24, 2.45) is 0 Å². The Hall–Kier alpha value is -1.06. The van der Waals surface area contributed by atoms with Crippen molar-refractivity contribution in [2.45, 2.75) is 32.7 Å². The molecule has 0 bridgehead atoms. The number of hydrogen-bond donors (Lipinski definition) is 0. The minimum atomic E-state index is -0.464. The number of hydrogen-bond acceptors (Lipinski definition) is 3. The zero-order chi connectivity index (χ0) is 10.4. The number of methoxy groups -OCH3 is 1. The van der Waals surface area contributed by atoms with Gasteiger partial charge in [0, 0.05) is 7.05 Å². The quantitative estimate of drug-likeness (QED) is 0.669. The largest absolute Gasteiger partial charge is 0.453 e. The van der Waals surface area contributed by atoms with E-state index in [0.29, 0.717) is 6.42 Å². The van der Waals surface area contributed by atoms with Gasteiger partial charge >= 0.3 is 6.09 Å². The second kappa shape index (κ2) is 5.56. The topological polar surface area (TPSA) is 46.6 Å². The fraction of sp³-hybridized carbons (Fsp3) is 0.778. The molecule has 0 radical (unpaired) electrons. The molecule has 1 atom stereocenters. The molecular weight excluding hydrogens is 170 g/mol. The minimum Gasteiger partial charge on any atom is -0.453 e. The van der Waals surface area contributed by atoms with E-state index in [9.17, 15) is 9.59 Å². The molecule has 4 heteroatoms. The Kier molecular flexibility index (Phi) is 5.11. The lowest BCUT2D eigenvalue weighted by Gasteiger charge is -2.24. The van der Waals surface area contributed by atoms with Crippen LogP contribution in [0.1, 0.15) is 26.7 Å². The Morgan fingerprint density at radius 2 is 2.00 bits per heavy atom. The van der Waals surface area contributed by atoms with Gasteiger partial charge in [0.15, 0.2) is 5.78 Å². The number of carbonyl (C=O) groups excluding carboxylic acids is 2. The summed E-state index contributed by atoms with van der Waals surface area (Å²) in [4.78, 5) is 23.6. The Balaban J connectivity index is 4.35. The second-order valence-corrected chi connectivity index (χ2v) is 3.00. The summed E-state index contributed by atoms with van der Waals surface area (Å²) in [6.07, 6.45) is 1.08. The van der Waals surface area contributed by atoms with Gasteiger partial charge in [0.25, 0.3) is 0 Å². The molecule has 76 valence electrons. The van der Waals surface area contributed by atoms with Crippen LogP contribution in [0.3, 0.4) is 0 Å². The molecule has 0 aromatic rings. The third-order valence-corrected chi connectivity index (χ3v) is 1.96. The van der Waals surface area contributed by atoms with Gasteiger partial charge in [-0.25, -0.2) is 4.79 Å². The lowest BCUT2D eigenvalue weighted by atomic mass is 10.1. The summed E-state index contributed by atoms with van der Waals surface area (Å²) in [7, 11) is 2.88. The molecule has 13 heavy (non-hydrogen) atoms. The van der Waals surface area contributed by atoms with Crippen LogP contribution in [0.15, 0.2) is 0 Å². The van der Waals surface area contributed by atoms with Crippen molar-refractivity contribution in [1.82, 2.24) is 4.90 Å². The Labute approximate surface area is 78.9 Å². The van der Waals surface area contributed by atoms with Crippen molar-refractivity contribution in [2.75, 3.05) is 14.2 Å². The summed E-state index contributed by atoms with van der Waals surface area (Å²) in [5, 5.41) is 0. The Bertz CT molecular complexity index is 191. The van der Waals surface area contributed by atoms with E-state index in [2.05, 4.69) is 4.74 Å². The SMILES string of the molecule is CCCC(C(C)=O)N(C)C(=O)OC. The van der Waals surface area contributed by atoms with Crippen LogP contribution in [0.25, 0.3) is 0 Å². The zero-order valence-electron chi connectivity index (χ0n) is 8.66. The van der Waals surface area contributed by atoms with E-state index in [1.54, 1.807) is 7.05 Å². The molecule has 0 fully saturated rings. The van der Waals surface area contributed by atoms with Gasteiger partial charge in [-0.3, -0.25) is 4.79 Å². The molecule has 0 heterocycles. The third kappa shape index (κ3) is 3.44. The summed E-state index contributed by atoms with van der Waals surface area (Å²) in [6.45, 7) is 3.46. The number of ketones is 1. The average Bonchev–Trinajstić information content (AvgIpc) is 2.11. The van der Waals surface area contributed by atoms with Crippen LogP contribution in [0, 0.1) is 0 Å². The lowest BCUT2D eigenvalue weighted by Crippen LogP contribution is -2.41. The number of rotatable bonds is 4. The fourth-order valence-corrected chi connectivity index (χ4v) is 1.21. The van der Waals surface area contributed by atoms with Crippen LogP contribution in [-0.4, -0.2) is 37.0 Å². The first-order valence-corrected chi connectivity index (χ1v) is 4.35. The summed E-state index contributed by atoms with van der Waals surface area (Å²) in [5.74, 6) is -0.00486. The molecule has 0 aliphatic rings. The van der Waals surface area contributed by atoms with Gasteiger partial charge in [0.1, 0.15) is 0 Å². The minimum absolute atomic E-state index is 0.00486. The number of Topliss-reactive ketones (excluding diaryl/α,β-unsaturated/α-hetero) is 1. The maximum Gasteiger partial charge on any atom is 0.409 e. The summed E-state index contributed by atoms with van der Waals surface area (Å²) >= 11 is 0. The van der Waals surface area contributed by atoms with E-state index in [-0.39, 0.29) is 11.8 Å². The summed E-state index contributed by atoms with van der Waals surface area (Å²) in [6, 6.07) is -0.350. The molecular formula is C9H17NO3. The Morgan fingerprint density at radius 3 is 2.31 bits per heavy atom. The van der Waals surface area contributed by atoms with Gasteiger partial charge in [0.05, 0.1) is 13.2 Å². The number of nitrogens with zero attached hydrogens (tertiary/aromatic N) is 1. The molecule has 1 amide bonds. The molecule has 1 unspecified atom stereocenters. The van der Waals surface area contributed by atoms with E-state index in [0.717, 1.165) is 6.42 Å². The van der Waals surface area contributed by atoms with Crippen molar-refractivity contribution in [1.29, 1.82) is 0 Å². The van der Waals surface area contributed by atoms with Gasteiger partial charge in [-0.2, -0.15) is 0 Å². The first-order chi connectivity index (χ1) is 6.04. The molecule has 0 saturated carbocycles. The van der Waals surface area contributed by atoms with Crippen molar-refractivity contribution in [3.63, 3.8) is 0 Å². The van der Waals surface area contributed by atoms with Crippen LogP contribution in [0.2, 0.25) is 0 Å². The van der Waals surface area contributed by atoms with Gasteiger partial charge in [-0.1, -0.05) is 13.3 Å². The number of likely N-dealkylation sites (N-methyl/N-ethyl adjacent to an activating group) is 1. The standard InChI is InChI=1S/C9H17NO3/c1-5-6-8(7(2)11)10(3)9(12)13-4/h8H,5-6H2,1-4H3. The van der Waals surface area contributed by atoms with Crippen LogP contribution in [-0.2, 0) is 9.53 Å². The zero-order valence-corrected chi connectivity index (χ0v) is 8.66. The second-order valence-electron chi connectivity index (χ2n) is 3.00. The molecule has 4 nitrogen and oxygen atoms in total. The smallest absolute Gasteiger partial charge is 0.409 e. The van der Waals surface area contributed by atoms with Crippen LogP contribution in [0.5, 0.6) is 0 Å². The van der Waals surface area contributed by atoms with Crippen molar-refractivity contribution in [3.05, 3.63) is 0 Å². The maximum atomic E-state index is 11.1. The number of ether oxygens (including phenoxy) is 1.